The van der Waals surface area contributed by atoms with E-state index in [1.54, 1.807) is 26.4 Å². The molecular formula is C32H35Cl2N7O4. The van der Waals surface area contributed by atoms with Gasteiger partial charge in [-0.2, -0.15) is 0 Å². The molecule has 4 aromatic rings. The summed E-state index contributed by atoms with van der Waals surface area (Å²) in [5, 5.41) is 19.8. The number of carbonyl (C=O) groups excluding carboxylic acids is 1. The number of methoxy groups -OCH3 is 2. The van der Waals surface area contributed by atoms with E-state index in [2.05, 4.69) is 30.9 Å². The van der Waals surface area contributed by atoms with Crippen LogP contribution in [0, 0.1) is 0 Å². The first-order valence-electron chi connectivity index (χ1n) is 14.6. The third kappa shape index (κ3) is 7.69. The Bertz CT molecular complexity index is 1670. The molecule has 236 valence electrons. The molecule has 0 bridgehead atoms. The molecule has 11 nitrogen and oxygen atoms in total. The van der Waals surface area contributed by atoms with Gasteiger partial charge in [0.15, 0.2) is 0 Å². The minimum atomic E-state index is -0.482. The molecule has 1 fully saturated rings. The number of hydrogen-bond acceptors (Lipinski definition) is 10. The lowest BCUT2D eigenvalue weighted by Crippen LogP contribution is -2.35. The van der Waals surface area contributed by atoms with Gasteiger partial charge < -0.3 is 30.5 Å². The van der Waals surface area contributed by atoms with Crippen molar-refractivity contribution in [2.75, 3.05) is 27.3 Å². The summed E-state index contributed by atoms with van der Waals surface area (Å²) in [7, 11) is 3.08. The second-order valence-electron chi connectivity index (χ2n) is 10.7. The minimum absolute atomic E-state index is 0.0805. The SMILES string of the molecule is COc1nc(-c2cccc(-c3cccc(-c4cnc(CNC[C@H](C)O)c(OC)n4)c3Cl)c2Cl)cnc1CNCC1CCC(=O)N1. The van der Waals surface area contributed by atoms with Crippen molar-refractivity contribution < 1.29 is 19.4 Å². The van der Waals surface area contributed by atoms with E-state index in [4.69, 9.17) is 37.7 Å². The number of ether oxygens (including phenoxy) is 2. The Labute approximate surface area is 271 Å². The average Bonchev–Trinajstić information content (AvgIpc) is 3.46. The van der Waals surface area contributed by atoms with Crippen LogP contribution in [0.1, 0.15) is 31.2 Å². The molecule has 1 unspecified atom stereocenters. The Hall–Kier alpha value is -3.87. The van der Waals surface area contributed by atoms with Crippen LogP contribution >= 0.6 is 23.2 Å². The van der Waals surface area contributed by atoms with Crippen molar-refractivity contribution in [1.82, 2.24) is 35.9 Å². The van der Waals surface area contributed by atoms with Crippen LogP contribution in [-0.4, -0.2) is 70.4 Å². The highest BCUT2D eigenvalue weighted by Gasteiger charge is 2.21. The molecule has 1 saturated heterocycles. The zero-order valence-electron chi connectivity index (χ0n) is 25.2. The van der Waals surface area contributed by atoms with E-state index in [0.717, 1.165) is 6.42 Å². The number of nitrogens with zero attached hydrogens (tertiary/aromatic N) is 4. The zero-order valence-corrected chi connectivity index (χ0v) is 26.7. The van der Waals surface area contributed by atoms with Crippen molar-refractivity contribution in [2.45, 2.75) is 45.0 Å². The second-order valence-corrected chi connectivity index (χ2v) is 11.4. The summed E-state index contributed by atoms with van der Waals surface area (Å²) >= 11 is 14.0. The fourth-order valence-corrected chi connectivity index (χ4v) is 5.74. The number of amides is 1. The third-order valence-electron chi connectivity index (χ3n) is 7.35. The van der Waals surface area contributed by atoms with Gasteiger partial charge in [0.2, 0.25) is 17.7 Å². The van der Waals surface area contributed by atoms with Crippen LogP contribution in [0.25, 0.3) is 33.6 Å². The maximum atomic E-state index is 11.5. The van der Waals surface area contributed by atoms with Crippen molar-refractivity contribution in [3.8, 4) is 45.4 Å². The number of rotatable bonds is 13. The quantitative estimate of drug-likeness (QED) is 0.164. The fraction of sp³-hybridized carbons (Fsp3) is 0.344. The van der Waals surface area contributed by atoms with E-state index in [1.807, 2.05) is 36.4 Å². The van der Waals surface area contributed by atoms with Crippen LogP contribution in [0.5, 0.6) is 11.8 Å². The van der Waals surface area contributed by atoms with Crippen molar-refractivity contribution in [3.63, 3.8) is 0 Å². The van der Waals surface area contributed by atoms with Gasteiger partial charge in [0.1, 0.15) is 11.4 Å². The van der Waals surface area contributed by atoms with Crippen molar-refractivity contribution in [2.24, 2.45) is 0 Å². The molecule has 3 heterocycles. The van der Waals surface area contributed by atoms with E-state index in [-0.39, 0.29) is 11.9 Å². The number of benzene rings is 2. The summed E-state index contributed by atoms with van der Waals surface area (Å²) < 4.78 is 11.1. The van der Waals surface area contributed by atoms with Gasteiger partial charge in [0.25, 0.3) is 0 Å². The van der Waals surface area contributed by atoms with E-state index >= 15 is 0 Å². The van der Waals surface area contributed by atoms with Gasteiger partial charge in [0, 0.05) is 60.9 Å². The largest absolute Gasteiger partial charge is 0.480 e. The average molecular weight is 653 g/mol. The number of aliphatic hydroxyl groups excluding tert-OH is 1. The molecule has 0 radical (unpaired) electrons. The van der Waals surface area contributed by atoms with Gasteiger partial charge in [-0.3, -0.25) is 14.8 Å². The molecular weight excluding hydrogens is 617 g/mol. The first-order valence-corrected chi connectivity index (χ1v) is 15.3. The molecule has 45 heavy (non-hydrogen) atoms. The number of nitrogens with one attached hydrogen (secondary N) is 3. The Morgan fingerprint density at radius 2 is 1.40 bits per heavy atom. The first-order chi connectivity index (χ1) is 21.8. The molecule has 1 amide bonds. The summed E-state index contributed by atoms with van der Waals surface area (Å²) in [6, 6.07) is 11.4. The smallest absolute Gasteiger partial charge is 0.237 e. The maximum absolute atomic E-state index is 11.5. The molecule has 1 aliphatic rings. The predicted octanol–water partition coefficient (Wildman–Crippen LogP) is 4.43. The molecule has 2 aromatic heterocycles. The van der Waals surface area contributed by atoms with Gasteiger partial charge in [0.05, 0.1) is 54.2 Å². The fourth-order valence-electron chi connectivity index (χ4n) is 5.09. The summed E-state index contributed by atoms with van der Waals surface area (Å²) in [5.74, 6) is 0.828. The number of aromatic nitrogens is 4. The minimum Gasteiger partial charge on any atom is -0.480 e. The Balaban J connectivity index is 1.39. The molecule has 2 atom stereocenters. The van der Waals surface area contributed by atoms with E-state index in [1.165, 1.54) is 7.11 Å². The van der Waals surface area contributed by atoms with Crippen LogP contribution in [0.4, 0.5) is 0 Å². The molecule has 0 spiro atoms. The van der Waals surface area contributed by atoms with Crippen LogP contribution in [0.15, 0.2) is 48.8 Å². The lowest BCUT2D eigenvalue weighted by molar-refractivity contribution is -0.119. The zero-order chi connectivity index (χ0) is 31.9. The van der Waals surface area contributed by atoms with E-state index in [0.29, 0.717) is 99.4 Å². The highest BCUT2D eigenvalue weighted by Crippen LogP contribution is 2.42. The monoisotopic (exact) mass is 651 g/mol. The maximum Gasteiger partial charge on any atom is 0.237 e. The molecule has 4 N–H and O–H groups in total. The highest BCUT2D eigenvalue weighted by molar-refractivity contribution is 6.39. The van der Waals surface area contributed by atoms with Gasteiger partial charge in [-0.15, -0.1) is 0 Å². The molecule has 1 aliphatic heterocycles. The normalized spacial score (nSPS) is 15.2. The van der Waals surface area contributed by atoms with Crippen LogP contribution in [-0.2, 0) is 17.9 Å². The van der Waals surface area contributed by atoms with Crippen molar-refractivity contribution >= 4 is 29.1 Å². The van der Waals surface area contributed by atoms with Crippen LogP contribution < -0.4 is 25.4 Å². The number of aliphatic hydroxyl groups is 1. The Morgan fingerprint density at radius 1 is 0.889 bits per heavy atom. The second kappa shape index (κ2) is 14.9. The van der Waals surface area contributed by atoms with Gasteiger partial charge in [-0.05, 0) is 13.3 Å². The highest BCUT2D eigenvalue weighted by atomic mass is 35.5. The molecule has 0 aliphatic carbocycles. The van der Waals surface area contributed by atoms with Crippen LogP contribution in [0.2, 0.25) is 10.0 Å². The number of hydrogen-bond donors (Lipinski definition) is 4. The summed E-state index contributed by atoms with van der Waals surface area (Å²) in [4.78, 5) is 30.0. The van der Waals surface area contributed by atoms with E-state index in [9.17, 15) is 9.90 Å². The summed E-state index contributed by atoms with van der Waals surface area (Å²) in [6.07, 6.45) is 4.20. The number of carbonyl (C=O) groups is 1. The number of halogens is 2. The predicted molar refractivity (Wildman–Crippen MR) is 173 cm³/mol. The summed E-state index contributed by atoms with van der Waals surface area (Å²) in [5.41, 5.74) is 5.12. The van der Waals surface area contributed by atoms with Crippen molar-refractivity contribution in [1.29, 1.82) is 0 Å². The van der Waals surface area contributed by atoms with Gasteiger partial charge >= 0.3 is 0 Å². The van der Waals surface area contributed by atoms with Gasteiger partial charge in [-0.25, -0.2) is 9.97 Å². The van der Waals surface area contributed by atoms with E-state index < -0.39 is 6.10 Å². The summed E-state index contributed by atoms with van der Waals surface area (Å²) in [6.45, 7) is 3.59. The first kappa shape index (κ1) is 32.5. The lowest BCUT2D eigenvalue weighted by atomic mass is 9.98. The Kier molecular flexibility index (Phi) is 10.8. The Morgan fingerprint density at radius 3 is 1.87 bits per heavy atom. The third-order valence-corrected chi connectivity index (χ3v) is 8.16. The molecule has 5 rings (SSSR count). The lowest BCUT2D eigenvalue weighted by Gasteiger charge is -2.15. The van der Waals surface area contributed by atoms with Gasteiger partial charge in [-0.1, -0.05) is 59.6 Å². The molecule has 0 saturated carbocycles. The molecule has 2 aromatic carbocycles. The van der Waals surface area contributed by atoms with Crippen LogP contribution in [0.3, 0.4) is 0 Å². The van der Waals surface area contributed by atoms with Crippen molar-refractivity contribution in [3.05, 3.63) is 70.2 Å². The standard InChI is InChI=1S/C32H35Cl2N7O4/c1-18(42)12-35-14-26-31(44-2)40-24(16-37-26)22-8-4-6-20(29(22)33)21-7-5-9-23(30(21)34)25-17-38-27(32(41-25)45-3)15-36-13-19-10-11-28(43)39-19/h4-9,16-19,35-36,42H,10-15H2,1-3H3,(H,39,43)/t18-,19?/m0/s1. The topological polar surface area (TPSA) is 143 Å². The molecule has 13 heteroatoms.